The van der Waals surface area contributed by atoms with Gasteiger partial charge in [0.25, 0.3) is 0 Å². The van der Waals surface area contributed by atoms with Crippen molar-refractivity contribution in [2.24, 2.45) is 16.8 Å². The first kappa shape index (κ1) is 24.4. The Morgan fingerprint density at radius 2 is 2.00 bits per heavy atom. The predicted octanol–water partition coefficient (Wildman–Crippen LogP) is 3.97. The summed E-state index contributed by atoms with van der Waals surface area (Å²) in [6.45, 7) is 12.4. The van der Waals surface area contributed by atoms with Gasteiger partial charge in [0, 0.05) is 39.2 Å². The number of guanidine groups is 1. The van der Waals surface area contributed by atoms with E-state index in [1.165, 1.54) is 37.1 Å². The first-order valence-electron chi connectivity index (χ1n) is 11.0. The quantitative estimate of drug-likeness (QED) is 0.340. The van der Waals surface area contributed by atoms with Crippen molar-refractivity contribution < 1.29 is 4.74 Å². The molecule has 0 bridgehead atoms. The molecule has 1 atom stereocenters. The van der Waals surface area contributed by atoms with Crippen molar-refractivity contribution in [1.29, 1.82) is 0 Å². The maximum absolute atomic E-state index is 5.52. The zero-order valence-electron chi connectivity index (χ0n) is 18.4. The molecule has 2 heterocycles. The van der Waals surface area contributed by atoms with Crippen molar-refractivity contribution in [1.82, 2.24) is 15.1 Å². The molecule has 0 radical (unpaired) electrons. The van der Waals surface area contributed by atoms with Crippen LogP contribution >= 0.6 is 24.0 Å². The van der Waals surface area contributed by atoms with Crippen molar-refractivity contribution in [2.75, 3.05) is 46.4 Å². The monoisotopic (exact) mass is 514 g/mol. The Morgan fingerprint density at radius 3 is 2.69 bits per heavy atom. The molecule has 0 amide bonds. The topological polar surface area (TPSA) is 40.1 Å². The molecular weight excluding hydrogens is 475 g/mol. The summed E-state index contributed by atoms with van der Waals surface area (Å²) in [7, 11) is 2.13. The minimum absolute atomic E-state index is 0. The number of nitrogens with one attached hydrogen (secondary N) is 1. The van der Waals surface area contributed by atoms with Crippen molar-refractivity contribution in [3.05, 3.63) is 35.4 Å². The highest BCUT2D eigenvalue weighted by molar-refractivity contribution is 14.0. The van der Waals surface area contributed by atoms with E-state index in [9.17, 15) is 0 Å². The number of benzene rings is 1. The van der Waals surface area contributed by atoms with Gasteiger partial charge in [-0.25, -0.2) is 4.99 Å². The Labute approximate surface area is 194 Å². The summed E-state index contributed by atoms with van der Waals surface area (Å²) in [4.78, 5) is 9.74. The van der Waals surface area contributed by atoms with Gasteiger partial charge in [0.1, 0.15) is 0 Å². The van der Waals surface area contributed by atoms with Crippen LogP contribution in [0.2, 0.25) is 0 Å². The number of likely N-dealkylation sites (tertiary alicyclic amines) is 1. The second-order valence-corrected chi connectivity index (χ2v) is 8.56. The average molecular weight is 514 g/mol. The van der Waals surface area contributed by atoms with Crippen LogP contribution in [0.4, 0.5) is 0 Å². The molecule has 0 saturated carbocycles. The van der Waals surface area contributed by atoms with Crippen molar-refractivity contribution in [2.45, 2.75) is 46.2 Å². The predicted molar refractivity (Wildman–Crippen MR) is 132 cm³/mol. The molecular formula is C23H39IN4O. The highest BCUT2D eigenvalue weighted by atomic mass is 127. The Balaban J connectivity index is 0.00000300. The summed E-state index contributed by atoms with van der Waals surface area (Å²) in [6.07, 6.45) is 3.81. The van der Waals surface area contributed by atoms with E-state index in [4.69, 9.17) is 9.73 Å². The van der Waals surface area contributed by atoms with Crippen LogP contribution in [-0.4, -0.2) is 62.2 Å². The molecule has 164 valence electrons. The first-order valence-corrected chi connectivity index (χ1v) is 11.0. The molecule has 0 spiro atoms. The lowest BCUT2D eigenvalue weighted by molar-refractivity contribution is 0.181. The third kappa shape index (κ3) is 8.06. The molecule has 1 unspecified atom stereocenters. The van der Waals surface area contributed by atoms with Crippen LogP contribution in [0.1, 0.15) is 44.2 Å². The van der Waals surface area contributed by atoms with Crippen LogP contribution in [-0.2, 0) is 17.8 Å². The fraction of sp³-hybridized carbons (Fsp3) is 0.696. The van der Waals surface area contributed by atoms with Gasteiger partial charge >= 0.3 is 0 Å². The molecule has 2 fully saturated rings. The minimum Gasteiger partial charge on any atom is -0.381 e. The number of rotatable bonds is 7. The Kier molecular flexibility index (Phi) is 10.7. The number of halogens is 1. The highest BCUT2D eigenvalue weighted by Crippen LogP contribution is 2.19. The van der Waals surface area contributed by atoms with E-state index in [2.05, 4.69) is 60.3 Å². The number of aliphatic imine (C=N–C) groups is 1. The van der Waals surface area contributed by atoms with Gasteiger partial charge in [-0.3, -0.25) is 4.90 Å². The summed E-state index contributed by atoms with van der Waals surface area (Å²) < 4.78 is 5.52. The van der Waals surface area contributed by atoms with E-state index in [1.807, 2.05) is 0 Å². The van der Waals surface area contributed by atoms with E-state index in [0.717, 1.165) is 57.7 Å². The molecule has 1 aromatic rings. The average Bonchev–Trinajstić information content (AvgIpc) is 3.20. The van der Waals surface area contributed by atoms with Crippen LogP contribution < -0.4 is 5.32 Å². The fourth-order valence-electron chi connectivity index (χ4n) is 4.14. The summed E-state index contributed by atoms with van der Waals surface area (Å²) >= 11 is 0. The molecule has 2 aliphatic heterocycles. The van der Waals surface area contributed by atoms with Crippen molar-refractivity contribution >= 4 is 29.9 Å². The minimum atomic E-state index is 0. The standard InChI is InChI=1S/C23H38N4O.HI/c1-4-24-23(26(3)16-22-10-13-28-18-22)25-15-20-6-5-7-21(14-20)17-27-11-8-19(2)9-12-27;/h5-7,14,19,22H,4,8-13,15-18H2,1-3H3,(H,24,25);1H. The third-order valence-electron chi connectivity index (χ3n) is 5.94. The summed E-state index contributed by atoms with van der Waals surface area (Å²) in [6, 6.07) is 8.96. The van der Waals surface area contributed by atoms with E-state index in [-0.39, 0.29) is 24.0 Å². The highest BCUT2D eigenvalue weighted by Gasteiger charge is 2.19. The second kappa shape index (κ2) is 12.7. The maximum Gasteiger partial charge on any atom is 0.193 e. The Morgan fingerprint density at radius 1 is 1.24 bits per heavy atom. The summed E-state index contributed by atoms with van der Waals surface area (Å²) in [5, 5.41) is 3.44. The van der Waals surface area contributed by atoms with E-state index in [1.54, 1.807) is 0 Å². The lowest BCUT2D eigenvalue weighted by atomic mass is 9.98. The van der Waals surface area contributed by atoms with Crippen LogP contribution in [0.15, 0.2) is 29.3 Å². The van der Waals surface area contributed by atoms with E-state index >= 15 is 0 Å². The Hall–Kier alpha value is -0.860. The molecule has 2 saturated heterocycles. The van der Waals surface area contributed by atoms with Gasteiger partial charge in [-0.05, 0) is 56.3 Å². The zero-order valence-corrected chi connectivity index (χ0v) is 20.7. The van der Waals surface area contributed by atoms with Gasteiger partial charge in [-0.15, -0.1) is 24.0 Å². The van der Waals surface area contributed by atoms with Crippen LogP contribution in [0.5, 0.6) is 0 Å². The molecule has 1 N–H and O–H groups in total. The normalized spacial score (nSPS) is 21.1. The molecule has 29 heavy (non-hydrogen) atoms. The first-order chi connectivity index (χ1) is 13.6. The van der Waals surface area contributed by atoms with Crippen molar-refractivity contribution in [3.8, 4) is 0 Å². The summed E-state index contributed by atoms with van der Waals surface area (Å²) in [5.41, 5.74) is 2.69. The molecule has 3 rings (SSSR count). The van der Waals surface area contributed by atoms with E-state index < -0.39 is 0 Å². The third-order valence-corrected chi connectivity index (χ3v) is 5.94. The van der Waals surface area contributed by atoms with Gasteiger partial charge in [-0.1, -0.05) is 31.2 Å². The number of piperidine rings is 1. The second-order valence-electron chi connectivity index (χ2n) is 8.56. The largest absolute Gasteiger partial charge is 0.381 e. The number of ether oxygens (including phenoxy) is 1. The molecule has 0 aliphatic carbocycles. The maximum atomic E-state index is 5.52. The molecule has 0 aromatic heterocycles. The number of nitrogens with zero attached hydrogens (tertiary/aromatic N) is 3. The van der Waals surface area contributed by atoms with Gasteiger partial charge in [0.05, 0.1) is 13.2 Å². The van der Waals surface area contributed by atoms with Gasteiger partial charge in [0.2, 0.25) is 0 Å². The van der Waals surface area contributed by atoms with E-state index in [0.29, 0.717) is 5.92 Å². The number of hydrogen-bond donors (Lipinski definition) is 1. The lowest BCUT2D eigenvalue weighted by Gasteiger charge is -2.30. The van der Waals surface area contributed by atoms with Gasteiger partial charge in [-0.2, -0.15) is 0 Å². The van der Waals surface area contributed by atoms with Crippen molar-refractivity contribution in [3.63, 3.8) is 0 Å². The summed E-state index contributed by atoms with van der Waals surface area (Å²) in [5.74, 6) is 2.49. The molecule has 2 aliphatic rings. The lowest BCUT2D eigenvalue weighted by Crippen LogP contribution is -2.41. The molecule has 5 nitrogen and oxygen atoms in total. The van der Waals surface area contributed by atoms with Crippen LogP contribution in [0.3, 0.4) is 0 Å². The fourth-order valence-corrected chi connectivity index (χ4v) is 4.14. The SMILES string of the molecule is CCNC(=NCc1cccc(CN2CCC(C)CC2)c1)N(C)CC1CCOC1.I. The Bertz CT molecular complexity index is 625. The number of hydrogen-bond acceptors (Lipinski definition) is 3. The molecule has 1 aromatic carbocycles. The zero-order chi connectivity index (χ0) is 19.8. The van der Waals surface area contributed by atoms with Crippen LogP contribution in [0.25, 0.3) is 0 Å². The van der Waals surface area contributed by atoms with Gasteiger partial charge in [0.15, 0.2) is 5.96 Å². The van der Waals surface area contributed by atoms with Gasteiger partial charge < -0.3 is 15.0 Å². The molecule has 6 heteroatoms. The smallest absolute Gasteiger partial charge is 0.193 e. The van der Waals surface area contributed by atoms with Crippen LogP contribution in [0, 0.1) is 11.8 Å².